The van der Waals surface area contributed by atoms with Crippen LogP contribution < -0.4 is 5.32 Å². The lowest BCUT2D eigenvalue weighted by Gasteiger charge is -2.05. The van der Waals surface area contributed by atoms with E-state index in [1.54, 1.807) is 29.8 Å². The van der Waals surface area contributed by atoms with E-state index in [9.17, 15) is 9.59 Å². The molecule has 0 bridgehead atoms. The second-order valence-corrected chi connectivity index (χ2v) is 2.82. The summed E-state index contributed by atoms with van der Waals surface area (Å²) < 4.78 is 1.33. The van der Waals surface area contributed by atoms with E-state index in [1.165, 1.54) is 3.11 Å². The minimum atomic E-state index is -0.326. The first-order valence-corrected chi connectivity index (χ1v) is 3.39. The van der Waals surface area contributed by atoms with E-state index in [-0.39, 0.29) is 18.0 Å². The molecule has 5 heteroatoms. The largest absolute Gasteiger partial charge is 0.333 e. The summed E-state index contributed by atoms with van der Waals surface area (Å²) in [5.74, 6) is -0.227. The van der Waals surface area contributed by atoms with Crippen LogP contribution >= 0.6 is 22.9 Å². The second-order valence-electron chi connectivity index (χ2n) is 1.78. The van der Waals surface area contributed by atoms with E-state index in [0.29, 0.717) is 0 Å². The first kappa shape index (κ1) is 6.79. The number of hydrogen-bond acceptors (Lipinski definition) is 2. The van der Waals surface area contributed by atoms with Gasteiger partial charge in [-0.1, -0.05) is 0 Å². The number of hydrogen-bond donors (Lipinski definition) is 1. The van der Waals surface area contributed by atoms with Gasteiger partial charge in [0.1, 0.15) is 6.04 Å². The molecule has 1 aliphatic heterocycles. The molecule has 1 atom stereocenters. The van der Waals surface area contributed by atoms with Crippen LogP contribution in [0.5, 0.6) is 0 Å². The maximum absolute atomic E-state index is 10.6. The fourth-order valence-electron chi connectivity index (χ4n) is 0.542. The summed E-state index contributed by atoms with van der Waals surface area (Å²) in [5.41, 5.74) is 0. The normalized spacial score (nSPS) is 26.9. The molecule has 0 saturated carbocycles. The highest BCUT2D eigenvalue weighted by Crippen LogP contribution is 2.12. The third-order valence-corrected chi connectivity index (χ3v) is 2.42. The number of rotatable bonds is 0. The van der Waals surface area contributed by atoms with Crippen molar-refractivity contribution in [3.63, 3.8) is 0 Å². The van der Waals surface area contributed by atoms with Crippen molar-refractivity contribution in [1.29, 1.82) is 0 Å². The molecule has 0 aromatic rings. The van der Waals surface area contributed by atoms with Gasteiger partial charge in [0, 0.05) is 0 Å². The molecular weight excluding hydrogens is 235 g/mol. The Kier molecular flexibility index (Phi) is 1.60. The molecule has 0 aromatic heterocycles. The highest BCUT2D eigenvalue weighted by atomic mass is 127. The second kappa shape index (κ2) is 2.13. The molecule has 1 unspecified atom stereocenters. The standard InChI is InChI=1S/C4H5IN2O2/c1-2-3(8)6-4(9)7(2)5/h2H,1H3,(H,6,8,9). The molecule has 0 aromatic carbocycles. The number of carbonyl (C=O) groups excluding carboxylic acids is 2. The van der Waals surface area contributed by atoms with Crippen LogP contribution in [0.1, 0.15) is 6.92 Å². The maximum atomic E-state index is 10.6. The summed E-state index contributed by atoms with van der Waals surface area (Å²) >= 11 is 1.80. The zero-order chi connectivity index (χ0) is 7.02. The van der Waals surface area contributed by atoms with Crippen LogP contribution in [0, 0.1) is 0 Å². The molecule has 1 rings (SSSR count). The monoisotopic (exact) mass is 240 g/mol. The average Bonchev–Trinajstić information content (AvgIpc) is 1.98. The van der Waals surface area contributed by atoms with Gasteiger partial charge in [-0.05, 0) is 6.92 Å². The predicted octanol–water partition coefficient (Wildman–Crippen LogP) is 0.277. The highest BCUT2D eigenvalue weighted by Gasteiger charge is 2.32. The van der Waals surface area contributed by atoms with Gasteiger partial charge in [-0.3, -0.25) is 13.2 Å². The summed E-state index contributed by atoms with van der Waals surface area (Å²) in [7, 11) is 0. The molecule has 4 nitrogen and oxygen atoms in total. The van der Waals surface area contributed by atoms with Gasteiger partial charge in [0.25, 0.3) is 5.91 Å². The van der Waals surface area contributed by atoms with Crippen LogP contribution in [0.15, 0.2) is 0 Å². The van der Waals surface area contributed by atoms with E-state index in [0.717, 1.165) is 0 Å². The van der Waals surface area contributed by atoms with Gasteiger partial charge in [-0.2, -0.15) is 0 Å². The van der Waals surface area contributed by atoms with Crippen LogP contribution in [0.4, 0.5) is 4.79 Å². The van der Waals surface area contributed by atoms with Gasteiger partial charge in [0.15, 0.2) is 0 Å². The maximum Gasteiger partial charge on any atom is 0.333 e. The predicted molar refractivity (Wildman–Crippen MR) is 38.9 cm³/mol. The topological polar surface area (TPSA) is 49.4 Å². The zero-order valence-electron chi connectivity index (χ0n) is 4.72. The lowest BCUT2D eigenvalue weighted by molar-refractivity contribution is -0.120. The van der Waals surface area contributed by atoms with Crippen molar-refractivity contribution >= 4 is 34.8 Å². The molecule has 0 spiro atoms. The van der Waals surface area contributed by atoms with Gasteiger partial charge >= 0.3 is 6.03 Å². The van der Waals surface area contributed by atoms with Crippen molar-refractivity contribution in [2.45, 2.75) is 13.0 Å². The number of amides is 3. The first-order chi connectivity index (χ1) is 4.13. The first-order valence-electron chi connectivity index (χ1n) is 2.43. The Labute approximate surface area is 66.1 Å². The summed E-state index contributed by atoms with van der Waals surface area (Å²) in [6.45, 7) is 1.67. The van der Waals surface area contributed by atoms with Crippen molar-refractivity contribution < 1.29 is 9.59 Å². The van der Waals surface area contributed by atoms with Gasteiger partial charge < -0.3 is 0 Å². The van der Waals surface area contributed by atoms with Crippen molar-refractivity contribution in [2.24, 2.45) is 0 Å². The summed E-state index contributed by atoms with van der Waals surface area (Å²) in [4.78, 5) is 21.2. The van der Waals surface area contributed by atoms with Gasteiger partial charge in [0.2, 0.25) is 0 Å². The van der Waals surface area contributed by atoms with Crippen LogP contribution in [0.2, 0.25) is 0 Å². The quantitative estimate of drug-likeness (QED) is 0.375. The number of carbonyl (C=O) groups is 2. The average molecular weight is 240 g/mol. The summed E-state index contributed by atoms with van der Waals surface area (Å²) in [6, 6.07) is -0.647. The number of nitrogens with one attached hydrogen (secondary N) is 1. The number of nitrogens with zero attached hydrogens (tertiary/aromatic N) is 1. The molecule has 1 heterocycles. The lowest BCUT2D eigenvalue weighted by atomic mass is 10.4. The van der Waals surface area contributed by atoms with Crippen molar-refractivity contribution in [1.82, 2.24) is 8.43 Å². The fourth-order valence-corrected chi connectivity index (χ4v) is 0.916. The molecule has 0 radical (unpaired) electrons. The van der Waals surface area contributed by atoms with E-state index in [1.807, 2.05) is 0 Å². The van der Waals surface area contributed by atoms with E-state index >= 15 is 0 Å². The minimum Gasteiger partial charge on any atom is -0.276 e. The van der Waals surface area contributed by atoms with Crippen molar-refractivity contribution in [2.75, 3.05) is 0 Å². The molecule has 1 aliphatic rings. The van der Waals surface area contributed by atoms with Gasteiger partial charge in [0.05, 0.1) is 22.9 Å². The van der Waals surface area contributed by atoms with Crippen LogP contribution in [0.25, 0.3) is 0 Å². The molecule has 1 fully saturated rings. The third kappa shape index (κ3) is 1.00. The number of urea groups is 1. The molecule has 0 aliphatic carbocycles. The number of imide groups is 1. The van der Waals surface area contributed by atoms with Crippen LogP contribution in [-0.4, -0.2) is 21.1 Å². The Bertz CT molecular complexity index is 152. The Hall–Kier alpha value is -0.330. The van der Waals surface area contributed by atoms with Crippen LogP contribution in [-0.2, 0) is 4.79 Å². The lowest BCUT2D eigenvalue weighted by Crippen LogP contribution is -2.22. The molecular formula is C4H5IN2O2. The molecule has 9 heavy (non-hydrogen) atoms. The minimum absolute atomic E-state index is 0.227. The molecule has 1 saturated heterocycles. The third-order valence-electron chi connectivity index (χ3n) is 1.14. The summed E-state index contributed by atoms with van der Waals surface area (Å²) in [5, 5.41) is 2.16. The molecule has 50 valence electrons. The van der Waals surface area contributed by atoms with E-state index in [4.69, 9.17) is 0 Å². The Morgan fingerprint density at radius 2 is 2.22 bits per heavy atom. The molecule has 3 amide bonds. The van der Waals surface area contributed by atoms with E-state index in [2.05, 4.69) is 5.32 Å². The number of halogens is 1. The van der Waals surface area contributed by atoms with Crippen molar-refractivity contribution in [3.8, 4) is 0 Å². The smallest absolute Gasteiger partial charge is 0.276 e. The summed E-state index contributed by atoms with van der Waals surface area (Å²) in [6.07, 6.45) is 0. The highest BCUT2D eigenvalue weighted by molar-refractivity contribution is 14.1. The Morgan fingerprint density at radius 3 is 2.33 bits per heavy atom. The van der Waals surface area contributed by atoms with Gasteiger partial charge in [-0.15, -0.1) is 0 Å². The Balaban J connectivity index is 2.77. The zero-order valence-corrected chi connectivity index (χ0v) is 6.88. The fraction of sp³-hybridized carbons (Fsp3) is 0.500. The SMILES string of the molecule is CC1C(=O)NC(=O)N1I. The van der Waals surface area contributed by atoms with E-state index < -0.39 is 0 Å². The van der Waals surface area contributed by atoms with Gasteiger partial charge in [-0.25, -0.2) is 4.79 Å². The van der Waals surface area contributed by atoms with Crippen molar-refractivity contribution in [3.05, 3.63) is 0 Å². The Morgan fingerprint density at radius 1 is 1.67 bits per heavy atom. The van der Waals surface area contributed by atoms with Crippen LogP contribution in [0.3, 0.4) is 0 Å². The molecule has 1 N–H and O–H groups in total.